The molecule has 0 bridgehead atoms. The summed E-state index contributed by atoms with van der Waals surface area (Å²) in [5, 5.41) is 4.25. The van der Waals surface area contributed by atoms with E-state index >= 15 is 0 Å². The number of likely N-dealkylation sites (tertiary alicyclic amines) is 1. The van der Waals surface area contributed by atoms with E-state index in [0.29, 0.717) is 0 Å². The number of benzene rings is 1. The molecule has 1 aromatic rings. The summed E-state index contributed by atoms with van der Waals surface area (Å²) < 4.78 is 5.98. The van der Waals surface area contributed by atoms with E-state index in [0.717, 1.165) is 36.0 Å². The first-order valence-electron chi connectivity index (χ1n) is 7.83. The number of hydrogen-bond donors (Lipinski definition) is 1. The first-order valence-corrected chi connectivity index (χ1v) is 8.20. The highest BCUT2D eigenvalue weighted by Gasteiger charge is 2.13. The summed E-state index contributed by atoms with van der Waals surface area (Å²) in [6.07, 6.45) is 2.64. The lowest BCUT2D eigenvalue weighted by Crippen LogP contribution is -2.35. The Morgan fingerprint density at radius 3 is 2.62 bits per heavy atom. The molecule has 1 N–H and O–H groups in total. The van der Waals surface area contributed by atoms with Crippen molar-refractivity contribution in [1.82, 2.24) is 10.2 Å². The van der Waals surface area contributed by atoms with Crippen LogP contribution in [0, 0.1) is 0 Å². The van der Waals surface area contributed by atoms with Gasteiger partial charge in [0.25, 0.3) is 0 Å². The van der Waals surface area contributed by atoms with Crippen molar-refractivity contribution >= 4 is 11.6 Å². The Labute approximate surface area is 133 Å². The predicted octanol–water partition coefficient (Wildman–Crippen LogP) is 3.70. The van der Waals surface area contributed by atoms with Gasteiger partial charge in [-0.3, -0.25) is 4.90 Å². The summed E-state index contributed by atoms with van der Waals surface area (Å²) in [6, 6.07) is 5.87. The molecular formula is C17H27ClN2O. The zero-order chi connectivity index (χ0) is 15.3. The SMILES string of the molecule is CC(C)(C)NCc1cc(Cl)ccc1OCCN1CCCC1. The molecule has 0 saturated carbocycles. The summed E-state index contributed by atoms with van der Waals surface area (Å²) in [6.45, 7) is 11.4. The first-order chi connectivity index (χ1) is 9.94. The highest BCUT2D eigenvalue weighted by molar-refractivity contribution is 6.30. The number of halogens is 1. The fourth-order valence-corrected chi connectivity index (χ4v) is 2.67. The van der Waals surface area contributed by atoms with Crippen LogP contribution in [0.2, 0.25) is 5.02 Å². The molecule has 1 aromatic carbocycles. The number of nitrogens with zero attached hydrogens (tertiary/aromatic N) is 1. The van der Waals surface area contributed by atoms with Crippen LogP contribution in [0.5, 0.6) is 5.75 Å². The number of nitrogens with one attached hydrogen (secondary N) is 1. The largest absolute Gasteiger partial charge is 0.492 e. The number of rotatable bonds is 6. The van der Waals surface area contributed by atoms with Crippen LogP contribution in [0.15, 0.2) is 18.2 Å². The van der Waals surface area contributed by atoms with E-state index in [1.165, 1.54) is 25.9 Å². The average Bonchev–Trinajstić information content (AvgIpc) is 2.91. The maximum Gasteiger partial charge on any atom is 0.123 e. The van der Waals surface area contributed by atoms with Crippen molar-refractivity contribution in [1.29, 1.82) is 0 Å². The van der Waals surface area contributed by atoms with Crippen LogP contribution in [0.3, 0.4) is 0 Å². The van der Waals surface area contributed by atoms with Crippen LogP contribution in [0.4, 0.5) is 0 Å². The topological polar surface area (TPSA) is 24.5 Å². The van der Waals surface area contributed by atoms with Crippen molar-refractivity contribution in [3.63, 3.8) is 0 Å². The van der Waals surface area contributed by atoms with Crippen molar-refractivity contribution in [2.75, 3.05) is 26.2 Å². The molecule has 1 heterocycles. The summed E-state index contributed by atoms with van der Waals surface area (Å²) >= 11 is 6.11. The average molecular weight is 311 g/mol. The van der Waals surface area contributed by atoms with Crippen molar-refractivity contribution in [2.45, 2.75) is 45.7 Å². The number of ether oxygens (including phenoxy) is 1. The van der Waals surface area contributed by atoms with E-state index in [-0.39, 0.29) is 5.54 Å². The lowest BCUT2D eigenvalue weighted by molar-refractivity contribution is 0.235. The van der Waals surface area contributed by atoms with Crippen molar-refractivity contribution in [3.8, 4) is 5.75 Å². The Morgan fingerprint density at radius 2 is 1.95 bits per heavy atom. The monoisotopic (exact) mass is 310 g/mol. The molecular weight excluding hydrogens is 284 g/mol. The molecule has 118 valence electrons. The van der Waals surface area contributed by atoms with Gasteiger partial charge < -0.3 is 10.1 Å². The summed E-state index contributed by atoms with van der Waals surface area (Å²) in [7, 11) is 0. The minimum atomic E-state index is 0.0785. The van der Waals surface area contributed by atoms with Crippen molar-refractivity contribution < 1.29 is 4.74 Å². The molecule has 2 rings (SSSR count). The molecule has 21 heavy (non-hydrogen) atoms. The third-order valence-electron chi connectivity index (χ3n) is 3.70. The Bertz CT molecular complexity index is 451. The molecule has 0 unspecified atom stereocenters. The molecule has 1 aliphatic rings. The Hall–Kier alpha value is -0.770. The fourth-order valence-electron chi connectivity index (χ4n) is 2.48. The van der Waals surface area contributed by atoms with E-state index in [9.17, 15) is 0 Å². The van der Waals surface area contributed by atoms with Crippen molar-refractivity contribution in [2.24, 2.45) is 0 Å². The van der Waals surface area contributed by atoms with E-state index in [1.54, 1.807) is 0 Å². The molecule has 1 aliphatic heterocycles. The molecule has 0 atom stereocenters. The van der Waals surface area contributed by atoms with Crippen LogP contribution in [-0.4, -0.2) is 36.7 Å². The van der Waals surface area contributed by atoms with Gasteiger partial charge in [0.1, 0.15) is 12.4 Å². The minimum Gasteiger partial charge on any atom is -0.492 e. The molecule has 0 aliphatic carbocycles. The van der Waals surface area contributed by atoms with Crippen LogP contribution in [-0.2, 0) is 6.54 Å². The lowest BCUT2D eigenvalue weighted by atomic mass is 10.1. The second-order valence-electron chi connectivity index (χ2n) is 6.75. The van der Waals surface area contributed by atoms with Gasteiger partial charge in [0.2, 0.25) is 0 Å². The third-order valence-corrected chi connectivity index (χ3v) is 3.93. The molecule has 1 fully saturated rings. The quantitative estimate of drug-likeness (QED) is 0.867. The first kappa shape index (κ1) is 16.6. The van der Waals surface area contributed by atoms with Crippen LogP contribution in [0.1, 0.15) is 39.2 Å². The molecule has 0 spiro atoms. The molecule has 4 heteroatoms. The van der Waals surface area contributed by atoms with Gasteiger partial charge in [0, 0.05) is 29.2 Å². The van der Waals surface area contributed by atoms with Gasteiger partial charge in [0.15, 0.2) is 0 Å². The van der Waals surface area contributed by atoms with Gasteiger partial charge in [0.05, 0.1) is 0 Å². The zero-order valence-corrected chi connectivity index (χ0v) is 14.2. The second-order valence-corrected chi connectivity index (χ2v) is 7.19. The fraction of sp³-hybridized carbons (Fsp3) is 0.647. The van der Waals surface area contributed by atoms with E-state index in [2.05, 4.69) is 31.0 Å². The van der Waals surface area contributed by atoms with Gasteiger partial charge in [-0.1, -0.05) is 11.6 Å². The summed E-state index contributed by atoms with van der Waals surface area (Å²) in [5.74, 6) is 0.940. The Balaban J connectivity index is 1.90. The number of hydrogen-bond acceptors (Lipinski definition) is 3. The lowest BCUT2D eigenvalue weighted by Gasteiger charge is -2.22. The highest BCUT2D eigenvalue weighted by Crippen LogP contribution is 2.23. The van der Waals surface area contributed by atoms with E-state index < -0.39 is 0 Å². The molecule has 1 saturated heterocycles. The van der Waals surface area contributed by atoms with Gasteiger partial charge in [-0.15, -0.1) is 0 Å². The van der Waals surface area contributed by atoms with E-state index in [4.69, 9.17) is 16.3 Å². The van der Waals surface area contributed by atoms with Gasteiger partial charge in [-0.05, 0) is 64.9 Å². The Kier molecular flexibility index (Phi) is 5.91. The standard InChI is InChI=1S/C17H27ClN2O/c1-17(2,3)19-13-14-12-15(18)6-7-16(14)21-11-10-20-8-4-5-9-20/h6-7,12,19H,4-5,8-11,13H2,1-3H3. The smallest absolute Gasteiger partial charge is 0.123 e. The van der Waals surface area contributed by atoms with Gasteiger partial charge in [-0.2, -0.15) is 0 Å². The molecule has 3 nitrogen and oxygen atoms in total. The maximum atomic E-state index is 6.11. The Morgan fingerprint density at radius 1 is 1.24 bits per heavy atom. The normalized spacial score (nSPS) is 16.4. The summed E-state index contributed by atoms with van der Waals surface area (Å²) in [5.41, 5.74) is 1.20. The van der Waals surface area contributed by atoms with Gasteiger partial charge in [-0.25, -0.2) is 0 Å². The minimum absolute atomic E-state index is 0.0785. The second kappa shape index (κ2) is 7.48. The van der Waals surface area contributed by atoms with Crippen LogP contribution >= 0.6 is 11.6 Å². The maximum absolute atomic E-state index is 6.11. The zero-order valence-electron chi connectivity index (χ0n) is 13.4. The summed E-state index contributed by atoms with van der Waals surface area (Å²) in [4.78, 5) is 2.46. The molecule has 0 amide bonds. The highest BCUT2D eigenvalue weighted by atomic mass is 35.5. The van der Waals surface area contributed by atoms with Gasteiger partial charge >= 0.3 is 0 Å². The van der Waals surface area contributed by atoms with Crippen LogP contribution in [0.25, 0.3) is 0 Å². The van der Waals surface area contributed by atoms with Crippen molar-refractivity contribution in [3.05, 3.63) is 28.8 Å². The molecule has 0 radical (unpaired) electrons. The molecule has 0 aromatic heterocycles. The third kappa shape index (κ3) is 5.85. The van der Waals surface area contributed by atoms with E-state index in [1.807, 2.05) is 18.2 Å². The predicted molar refractivity (Wildman–Crippen MR) is 89.2 cm³/mol. The van der Waals surface area contributed by atoms with Crippen LogP contribution < -0.4 is 10.1 Å².